The first kappa shape index (κ1) is 24.6. The molecule has 0 radical (unpaired) electrons. The van der Waals surface area contributed by atoms with Crippen molar-refractivity contribution in [1.29, 1.82) is 0 Å². The standard InChI is InChI=1S/C20H32N4O3.HI/c1-4-21-20(22-11-13-26-15-18-6-5-12-27-18)23-14-16-7-9-17(10-8-16)19(25)24(2)3;/h7-10,18H,4-6,11-15H2,1-3H3,(H2,21,22,23);1H. The Morgan fingerprint density at radius 1 is 1.29 bits per heavy atom. The number of hydrogen-bond donors (Lipinski definition) is 2. The minimum Gasteiger partial charge on any atom is -0.377 e. The molecule has 0 aromatic heterocycles. The first-order chi connectivity index (χ1) is 13.1. The number of nitrogens with one attached hydrogen (secondary N) is 2. The van der Waals surface area contributed by atoms with E-state index in [9.17, 15) is 4.79 Å². The molecule has 28 heavy (non-hydrogen) atoms. The van der Waals surface area contributed by atoms with Crippen LogP contribution in [-0.2, 0) is 16.0 Å². The highest BCUT2D eigenvalue weighted by Gasteiger charge is 2.15. The molecule has 7 nitrogen and oxygen atoms in total. The van der Waals surface area contributed by atoms with Gasteiger partial charge in [0.1, 0.15) is 0 Å². The van der Waals surface area contributed by atoms with Crippen LogP contribution in [0.15, 0.2) is 29.3 Å². The smallest absolute Gasteiger partial charge is 0.253 e. The quantitative estimate of drug-likeness (QED) is 0.234. The van der Waals surface area contributed by atoms with Crippen LogP contribution < -0.4 is 10.6 Å². The molecule has 1 heterocycles. The van der Waals surface area contributed by atoms with Gasteiger partial charge in [-0.15, -0.1) is 24.0 Å². The summed E-state index contributed by atoms with van der Waals surface area (Å²) in [7, 11) is 3.50. The summed E-state index contributed by atoms with van der Waals surface area (Å²) in [5, 5.41) is 6.50. The Bertz CT molecular complexity index is 602. The van der Waals surface area contributed by atoms with Crippen LogP contribution in [0.25, 0.3) is 0 Å². The number of carbonyl (C=O) groups excluding carboxylic acids is 1. The van der Waals surface area contributed by atoms with Crippen LogP contribution in [0.1, 0.15) is 35.7 Å². The number of aliphatic imine (C=N–C) groups is 1. The molecule has 0 bridgehead atoms. The van der Waals surface area contributed by atoms with Gasteiger partial charge in [0.15, 0.2) is 5.96 Å². The molecule has 2 N–H and O–H groups in total. The van der Waals surface area contributed by atoms with E-state index in [-0.39, 0.29) is 36.0 Å². The number of amides is 1. The minimum absolute atomic E-state index is 0. The van der Waals surface area contributed by atoms with Crippen molar-refractivity contribution >= 4 is 35.8 Å². The van der Waals surface area contributed by atoms with Gasteiger partial charge < -0.3 is 25.0 Å². The summed E-state index contributed by atoms with van der Waals surface area (Å²) < 4.78 is 11.2. The van der Waals surface area contributed by atoms with Crippen molar-refractivity contribution in [2.45, 2.75) is 32.4 Å². The highest BCUT2D eigenvalue weighted by molar-refractivity contribution is 14.0. The first-order valence-electron chi connectivity index (χ1n) is 9.62. The number of halogens is 1. The fourth-order valence-electron chi connectivity index (χ4n) is 2.76. The predicted octanol–water partition coefficient (Wildman–Crippen LogP) is 2.26. The lowest BCUT2D eigenvalue weighted by Crippen LogP contribution is -2.39. The van der Waals surface area contributed by atoms with Crippen LogP contribution in [0, 0.1) is 0 Å². The first-order valence-corrected chi connectivity index (χ1v) is 9.62. The Balaban J connectivity index is 0.00000392. The maximum atomic E-state index is 11.9. The van der Waals surface area contributed by atoms with Crippen LogP contribution in [0.2, 0.25) is 0 Å². The zero-order chi connectivity index (χ0) is 19.5. The van der Waals surface area contributed by atoms with Gasteiger partial charge >= 0.3 is 0 Å². The van der Waals surface area contributed by atoms with Crippen LogP contribution in [0.3, 0.4) is 0 Å². The number of guanidine groups is 1. The maximum Gasteiger partial charge on any atom is 0.253 e. The lowest BCUT2D eigenvalue weighted by molar-refractivity contribution is 0.0191. The third kappa shape index (κ3) is 8.74. The molecule has 8 heteroatoms. The third-order valence-electron chi connectivity index (χ3n) is 4.24. The Labute approximate surface area is 185 Å². The van der Waals surface area contributed by atoms with Crippen molar-refractivity contribution in [1.82, 2.24) is 15.5 Å². The van der Waals surface area contributed by atoms with E-state index in [4.69, 9.17) is 9.47 Å². The van der Waals surface area contributed by atoms with Crippen LogP contribution in [-0.4, -0.2) is 69.9 Å². The van der Waals surface area contributed by atoms with Gasteiger partial charge in [0.05, 0.1) is 25.9 Å². The number of ether oxygens (including phenoxy) is 2. The summed E-state index contributed by atoms with van der Waals surface area (Å²) in [6.45, 7) is 6.19. The Morgan fingerprint density at radius 3 is 2.64 bits per heavy atom. The molecule has 1 aliphatic heterocycles. The van der Waals surface area contributed by atoms with Gasteiger partial charge in [-0.25, -0.2) is 4.99 Å². The fourth-order valence-corrected chi connectivity index (χ4v) is 2.76. The molecular formula is C20H33IN4O3. The summed E-state index contributed by atoms with van der Waals surface area (Å²) in [6.07, 6.45) is 2.49. The SMILES string of the molecule is CCNC(=NCc1ccc(C(=O)N(C)C)cc1)NCCOCC1CCCO1.I. The largest absolute Gasteiger partial charge is 0.377 e. The average molecular weight is 504 g/mol. The summed E-state index contributed by atoms with van der Waals surface area (Å²) in [6, 6.07) is 7.56. The lowest BCUT2D eigenvalue weighted by atomic mass is 10.1. The van der Waals surface area contributed by atoms with E-state index in [1.807, 2.05) is 31.2 Å². The van der Waals surface area contributed by atoms with Crippen molar-refractivity contribution in [3.63, 3.8) is 0 Å². The second-order valence-electron chi connectivity index (χ2n) is 6.73. The van der Waals surface area contributed by atoms with Crippen LogP contribution in [0.5, 0.6) is 0 Å². The monoisotopic (exact) mass is 504 g/mol. The second kappa shape index (κ2) is 13.7. The van der Waals surface area contributed by atoms with Crippen molar-refractivity contribution < 1.29 is 14.3 Å². The molecule has 1 aromatic rings. The number of carbonyl (C=O) groups is 1. The van der Waals surface area contributed by atoms with Gasteiger partial charge in [-0.3, -0.25) is 4.79 Å². The average Bonchev–Trinajstić information content (AvgIpc) is 3.19. The van der Waals surface area contributed by atoms with Crippen molar-refractivity contribution in [3.05, 3.63) is 35.4 Å². The van der Waals surface area contributed by atoms with E-state index in [1.54, 1.807) is 19.0 Å². The van der Waals surface area contributed by atoms with E-state index >= 15 is 0 Å². The van der Waals surface area contributed by atoms with Crippen molar-refractivity contribution in [2.24, 2.45) is 4.99 Å². The molecule has 0 saturated carbocycles. The maximum absolute atomic E-state index is 11.9. The van der Waals surface area contributed by atoms with E-state index in [0.29, 0.717) is 31.9 Å². The van der Waals surface area contributed by atoms with E-state index in [0.717, 1.165) is 37.5 Å². The number of hydrogen-bond acceptors (Lipinski definition) is 4. The number of benzene rings is 1. The van der Waals surface area contributed by atoms with E-state index in [1.165, 1.54) is 0 Å². The molecule has 1 fully saturated rings. The molecule has 1 unspecified atom stereocenters. The van der Waals surface area contributed by atoms with E-state index < -0.39 is 0 Å². The minimum atomic E-state index is 0. The molecule has 1 amide bonds. The summed E-state index contributed by atoms with van der Waals surface area (Å²) >= 11 is 0. The van der Waals surface area contributed by atoms with Gasteiger partial charge in [0.25, 0.3) is 5.91 Å². The van der Waals surface area contributed by atoms with Crippen molar-refractivity contribution in [2.75, 3.05) is 47.0 Å². The molecule has 1 aliphatic rings. The number of rotatable bonds is 9. The Morgan fingerprint density at radius 2 is 2.04 bits per heavy atom. The zero-order valence-electron chi connectivity index (χ0n) is 17.1. The fraction of sp³-hybridized carbons (Fsp3) is 0.600. The van der Waals surface area contributed by atoms with Gasteiger partial charge in [-0.1, -0.05) is 12.1 Å². The summed E-state index contributed by atoms with van der Waals surface area (Å²) in [4.78, 5) is 18.1. The van der Waals surface area contributed by atoms with E-state index in [2.05, 4.69) is 15.6 Å². The normalized spacial score (nSPS) is 16.4. The van der Waals surface area contributed by atoms with Crippen LogP contribution >= 0.6 is 24.0 Å². The summed E-state index contributed by atoms with van der Waals surface area (Å²) in [5.74, 6) is 0.759. The molecule has 158 valence electrons. The molecule has 1 aromatic carbocycles. The molecule has 0 aliphatic carbocycles. The van der Waals surface area contributed by atoms with Gasteiger partial charge in [0, 0.05) is 39.4 Å². The summed E-state index contributed by atoms with van der Waals surface area (Å²) in [5.41, 5.74) is 1.73. The Kier molecular flexibility index (Phi) is 12.1. The van der Waals surface area contributed by atoms with Gasteiger partial charge in [-0.2, -0.15) is 0 Å². The van der Waals surface area contributed by atoms with Crippen molar-refractivity contribution in [3.8, 4) is 0 Å². The molecule has 1 atom stereocenters. The third-order valence-corrected chi connectivity index (χ3v) is 4.24. The predicted molar refractivity (Wildman–Crippen MR) is 122 cm³/mol. The molecule has 2 rings (SSSR count). The second-order valence-corrected chi connectivity index (χ2v) is 6.73. The van der Waals surface area contributed by atoms with Gasteiger partial charge in [-0.05, 0) is 37.5 Å². The van der Waals surface area contributed by atoms with Gasteiger partial charge in [0.2, 0.25) is 0 Å². The van der Waals surface area contributed by atoms with Crippen LogP contribution in [0.4, 0.5) is 0 Å². The lowest BCUT2D eigenvalue weighted by Gasteiger charge is -2.13. The molecule has 1 saturated heterocycles. The molecular weight excluding hydrogens is 471 g/mol. The molecule has 0 spiro atoms. The number of nitrogens with zero attached hydrogens (tertiary/aromatic N) is 2. The Hall–Kier alpha value is -1.39. The highest BCUT2D eigenvalue weighted by Crippen LogP contribution is 2.11. The highest BCUT2D eigenvalue weighted by atomic mass is 127. The topological polar surface area (TPSA) is 75.2 Å². The zero-order valence-corrected chi connectivity index (χ0v) is 19.4.